The fourth-order valence-electron chi connectivity index (χ4n) is 3.30. The van der Waals surface area contributed by atoms with Crippen LogP contribution in [-0.2, 0) is 59.5 Å². The van der Waals surface area contributed by atoms with Crippen molar-refractivity contribution in [2.75, 3.05) is 24.7 Å². The van der Waals surface area contributed by atoms with Crippen molar-refractivity contribution in [2.45, 2.75) is 22.6 Å². The zero-order valence-corrected chi connectivity index (χ0v) is 37.4. The fourth-order valence-corrected chi connectivity index (χ4v) is 5.19. The number of ether oxygens (including phenoxy) is 2. The number of carbonyl (C=O) groups excluding carboxylic acids is 2. The van der Waals surface area contributed by atoms with E-state index >= 15 is 0 Å². The fraction of sp³-hybridized carbons (Fsp3) is 0.250. The molecule has 2 rings (SSSR count). The standard InChI is InChI=1S/C24H26O16S4.4Na/c25-23(39-13-1-15-41(27,28)29)22(24(26)40-14-2-16-42(30,31)32)12-11-21(17-3-7-19(8-4-17)43(33,34)35)18-5-9-20(10-6-18)44(36,37)38;;;;/h3-12H,1-2,13-16H2,(H,27,28,29)(H,30,31,32)(H,33,34,35)(H,36,37,38);;;;/q;4*+1/p-4. The van der Waals surface area contributed by atoms with E-state index in [9.17, 15) is 61.5 Å². The van der Waals surface area contributed by atoms with Gasteiger partial charge in [0.25, 0.3) is 0 Å². The van der Waals surface area contributed by atoms with Crippen LogP contribution in [0.4, 0.5) is 0 Å². The average molecular weight is 787 g/mol. The molecule has 0 saturated carbocycles. The summed E-state index contributed by atoms with van der Waals surface area (Å²) in [7, 11) is -19.0. The molecule has 0 spiro atoms. The van der Waals surface area contributed by atoms with Gasteiger partial charge in [-0.15, -0.1) is 0 Å². The summed E-state index contributed by atoms with van der Waals surface area (Å²) in [5.74, 6) is -4.51. The van der Waals surface area contributed by atoms with Gasteiger partial charge in [0, 0.05) is 11.5 Å². The summed E-state index contributed by atoms with van der Waals surface area (Å²) in [5.41, 5.74) is -0.444. The van der Waals surface area contributed by atoms with E-state index in [0.717, 1.165) is 36.4 Å². The first-order chi connectivity index (χ1) is 20.2. The van der Waals surface area contributed by atoms with Gasteiger partial charge in [-0.05, 0) is 59.9 Å². The van der Waals surface area contributed by atoms with E-state index in [-0.39, 0.29) is 135 Å². The Morgan fingerprint density at radius 3 is 1.12 bits per heavy atom. The second-order valence-corrected chi connectivity index (χ2v) is 14.4. The molecule has 2 aromatic rings. The summed E-state index contributed by atoms with van der Waals surface area (Å²) in [6.07, 6.45) is 1.10. The van der Waals surface area contributed by atoms with Gasteiger partial charge >= 0.3 is 130 Å². The van der Waals surface area contributed by atoms with Crippen LogP contribution in [0.25, 0.3) is 5.57 Å². The Bertz CT molecular complexity index is 1740. The van der Waals surface area contributed by atoms with Gasteiger partial charge < -0.3 is 27.7 Å². The maximum Gasteiger partial charge on any atom is 1.00 e. The monoisotopic (exact) mass is 786 g/mol. The molecule has 48 heavy (non-hydrogen) atoms. The molecule has 0 bridgehead atoms. The third-order valence-electron chi connectivity index (χ3n) is 5.31. The van der Waals surface area contributed by atoms with Gasteiger partial charge in [-0.25, -0.2) is 43.3 Å². The van der Waals surface area contributed by atoms with Crippen LogP contribution in [0, 0.1) is 0 Å². The van der Waals surface area contributed by atoms with Crippen molar-refractivity contribution in [3.05, 3.63) is 77.4 Å². The van der Waals surface area contributed by atoms with Crippen molar-refractivity contribution in [1.29, 1.82) is 0 Å². The van der Waals surface area contributed by atoms with E-state index in [0.29, 0.717) is 0 Å². The molecule has 0 amide bonds. The maximum absolute atomic E-state index is 12.7. The Morgan fingerprint density at radius 2 is 0.854 bits per heavy atom. The molecule has 24 heteroatoms. The Hall–Kier alpha value is 0.500. The molecule has 16 nitrogen and oxygen atoms in total. The van der Waals surface area contributed by atoms with Crippen LogP contribution in [-0.4, -0.2) is 88.5 Å². The molecule has 0 aliphatic heterocycles. The molecule has 242 valence electrons. The van der Waals surface area contributed by atoms with E-state index < -0.39 is 105 Å². The first-order valence-electron chi connectivity index (χ1n) is 11.9. The van der Waals surface area contributed by atoms with Gasteiger partial charge in [-0.1, -0.05) is 30.3 Å². The minimum atomic E-state index is -4.84. The zero-order valence-electron chi connectivity index (χ0n) is 26.2. The largest absolute Gasteiger partial charge is 1.00 e. The summed E-state index contributed by atoms with van der Waals surface area (Å²) in [6.45, 7) is -1.24. The quantitative estimate of drug-likeness (QED) is 0.0237. The molecule has 0 fully saturated rings. The second kappa shape index (κ2) is 23.2. The van der Waals surface area contributed by atoms with E-state index in [4.69, 9.17) is 9.47 Å². The van der Waals surface area contributed by atoms with Crippen molar-refractivity contribution in [3.63, 3.8) is 0 Å². The van der Waals surface area contributed by atoms with Gasteiger partial charge in [0.05, 0.1) is 43.2 Å². The van der Waals surface area contributed by atoms with Crippen molar-refractivity contribution >= 4 is 58.0 Å². The molecule has 0 N–H and O–H groups in total. The molecule has 2 aromatic carbocycles. The number of hydrogen-bond acceptors (Lipinski definition) is 16. The van der Waals surface area contributed by atoms with Gasteiger partial charge in [0.2, 0.25) is 0 Å². The molecular formula is C24H22Na4O16S4. The van der Waals surface area contributed by atoms with Crippen molar-refractivity contribution in [1.82, 2.24) is 0 Å². The molecule has 0 unspecified atom stereocenters. The molecule has 0 radical (unpaired) electrons. The molecule has 0 atom stereocenters. The summed E-state index contributed by atoms with van der Waals surface area (Å²) >= 11 is 0. The van der Waals surface area contributed by atoms with Gasteiger partial charge in [-0.3, -0.25) is 0 Å². The Labute approximate surface area is 366 Å². The molecule has 0 aliphatic rings. The third-order valence-corrected chi connectivity index (χ3v) is 8.58. The maximum atomic E-state index is 12.7. The summed E-state index contributed by atoms with van der Waals surface area (Å²) in [5, 5.41) is 0. The van der Waals surface area contributed by atoms with Crippen LogP contribution >= 0.6 is 0 Å². The Balaban J connectivity index is -0.00000506. The van der Waals surface area contributed by atoms with E-state index in [2.05, 4.69) is 0 Å². The minimum absolute atomic E-state index is 0. The predicted octanol–water partition coefficient (Wildman–Crippen LogP) is -12.2. The summed E-state index contributed by atoms with van der Waals surface area (Å²) < 4.78 is 142. The number of carbonyl (C=O) groups is 2. The van der Waals surface area contributed by atoms with Crippen molar-refractivity contribution < 1.29 is 189 Å². The van der Waals surface area contributed by atoms with Crippen LogP contribution < -0.4 is 118 Å². The van der Waals surface area contributed by atoms with Crippen molar-refractivity contribution in [3.8, 4) is 0 Å². The smallest absolute Gasteiger partial charge is 0.748 e. The van der Waals surface area contributed by atoms with E-state index in [1.165, 1.54) is 24.3 Å². The first-order valence-corrected chi connectivity index (χ1v) is 17.9. The zero-order chi connectivity index (χ0) is 33.3. The molecule has 0 aromatic heterocycles. The summed E-state index contributed by atoms with van der Waals surface area (Å²) in [4.78, 5) is 24.2. The Kier molecular flexibility index (Phi) is 25.6. The SMILES string of the molecule is O=C(OCCCS(=O)(=O)[O-])C(=CC=C(c1ccc(S(=O)(=O)[O-])cc1)c1ccc(S(=O)(=O)[O-])cc1)C(=O)OCCCS(=O)(=O)[O-].[Na+].[Na+].[Na+].[Na+]. The topological polar surface area (TPSA) is 281 Å². The normalized spacial score (nSPS) is 11.2. The molecule has 0 aliphatic carbocycles. The third kappa shape index (κ3) is 19.9. The van der Waals surface area contributed by atoms with Gasteiger partial charge in [0.15, 0.2) is 0 Å². The number of rotatable bonds is 15. The number of allylic oxidation sites excluding steroid dienone is 2. The van der Waals surface area contributed by atoms with Crippen LogP contribution in [0.15, 0.2) is 76.0 Å². The van der Waals surface area contributed by atoms with E-state index in [1.807, 2.05) is 0 Å². The minimum Gasteiger partial charge on any atom is -0.748 e. The van der Waals surface area contributed by atoms with Crippen LogP contribution in [0.2, 0.25) is 0 Å². The first kappa shape index (κ1) is 52.9. The Morgan fingerprint density at radius 1 is 0.542 bits per heavy atom. The molecule has 0 heterocycles. The predicted molar refractivity (Wildman–Crippen MR) is 144 cm³/mol. The average Bonchev–Trinajstić information content (AvgIpc) is 2.89. The molecule has 0 saturated heterocycles. The van der Waals surface area contributed by atoms with Crippen molar-refractivity contribution in [2.24, 2.45) is 0 Å². The number of benzene rings is 2. The van der Waals surface area contributed by atoms with E-state index in [1.54, 1.807) is 0 Å². The number of esters is 2. The van der Waals surface area contributed by atoms with Gasteiger partial charge in [-0.2, -0.15) is 0 Å². The van der Waals surface area contributed by atoms with Crippen LogP contribution in [0.1, 0.15) is 24.0 Å². The number of hydrogen-bond donors (Lipinski definition) is 0. The van der Waals surface area contributed by atoms with Crippen LogP contribution in [0.5, 0.6) is 0 Å². The van der Waals surface area contributed by atoms with Gasteiger partial charge in [0.1, 0.15) is 25.8 Å². The van der Waals surface area contributed by atoms with Crippen LogP contribution in [0.3, 0.4) is 0 Å². The summed E-state index contributed by atoms with van der Waals surface area (Å²) in [6, 6.07) is 8.48. The second-order valence-electron chi connectivity index (χ2n) is 8.62. The molecular weight excluding hydrogens is 764 g/mol.